The van der Waals surface area contributed by atoms with Crippen molar-refractivity contribution in [2.45, 2.75) is 156 Å². The highest BCUT2D eigenvalue weighted by molar-refractivity contribution is 4.84. The average molecular weight is 406 g/mol. The number of imidazole rings is 1. The zero-order valence-corrected chi connectivity index (χ0v) is 20.4. The molecule has 0 unspecified atom stereocenters. The average Bonchev–Trinajstić information content (AvgIpc) is 3.11. The lowest BCUT2D eigenvalue weighted by Gasteiger charge is -2.07. The van der Waals surface area contributed by atoms with Crippen LogP contribution in [0.5, 0.6) is 0 Å². The first kappa shape index (κ1) is 26.2. The number of hydrogen-bond donors (Lipinski definition) is 0. The highest BCUT2D eigenvalue weighted by atomic mass is 15.1. The van der Waals surface area contributed by atoms with Gasteiger partial charge in [0.25, 0.3) is 5.82 Å². The zero-order valence-electron chi connectivity index (χ0n) is 20.4. The minimum Gasteiger partial charge on any atom is -0.234 e. The van der Waals surface area contributed by atoms with Crippen LogP contribution in [0.1, 0.15) is 142 Å². The first-order valence-corrected chi connectivity index (χ1v) is 13.4. The van der Waals surface area contributed by atoms with Gasteiger partial charge in [-0.3, -0.25) is 0 Å². The molecule has 29 heavy (non-hydrogen) atoms. The van der Waals surface area contributed by atoms with Crippen LogP contribution in [0.15, 0.2) is 12.4 Å². The van der Waals surface area contributed by atoms with Crippen molar-refractivity contribution in [3.05, 3.63) is 18.2 Å². The van der Waals surface area contributed by atoms with Crippen LogP contribution in [0, 0.1) is 0 Å². The van der Waals surface area contributed by atoms with Crippen molar-refractivity contribution >= 4 is 0 Å². The standard InChI is InChI=1S/C27H53N2/c1-4-7-10-13-14-15-18-21-24-29-26-25-28(23-20-17-12-9-6-3)27(29)22-19-16-11-8-5-2/h25-26H,4-24H2,1-3H3/q+1. The van der Waals surface area contributed by atoms with E-state index in [9.17, 15) is 0 Å². The van der Waals surface area contributed by atoms with E-state index in [2.05, 4.69) is 42.3 Å². The number of aryl methyl sites for hydroxylation is 2. The fourth-order valence-electron chi connectivity index (χ4n) is 4.38. The van der Waals surface area contributed by atoms with E-state index in [1.807, 2.05) is 0 Å². The normalized spacial score (nSPS) is 11.4. The topological polar surface area (TPSA) is 8.81 Å². The quantitative estimate of drug-likeness (QED) is 0.143. The molecule has 0 aliphatic heterocycles. The summed E-state index contributed by atoms with van der Waals surface area (Å²) in [7, 11) is 0. The van der Waals surface area contributed by atoms with Gasteiger partial charge in [-0.1, -0.05) is 104 Å². The van der Waals surface area contributed by atoms with Crippen molar-refractivity contribution in [3.8, 4) is 0 Å². The van der Waals surface area contributed by atoms with Crippen LogP contribution in [0.4, 0.5) is 0 Å². The van der Waals surface area contributed by atoms with Crippen molar-refractivity contribution in [1.29, 1.82) is 0 Å². The maximum atomic E-state index is 2.59. The third kappa shape index (κ3) is 13.2. The van der Waals surface area contributed by atoms with Gasteiger partial charge in [0.05, 0.1) is 13.1 Å². The van der Waals surface area contributed by atoms with E-state index in [1.165, 1.54) is 135 Å². The summed E-state index contributed by atoms with van der Waals surface area (Å²) in [6, 6.07) is 0. The molecule has 1 rings (SSSR count). The van der Waals surface area contributed by atoms with Gasteiger partial charge in [-0.2, -0.15) is 0 Å². The number of hydrogen-bond acceptors (Lipinski definition) is 0. The molecule has 1 heterocycles. The third-order valence-electron chi connectivity index (χ3n) is 6.35. The molecule has 0 saturated carbocycles. The predicted octanol–water partition coefficient (Wildman–Crippen LogP) is 8.40. The van der Waals surface area contributed by atoms with Crippen molar-refractivity contribution in [1.82, 2.24) is 4.57 Å². The molecular formula is C27H53N2+. The molecule has 0 spiro atoms. The van der Waals surface area contributed by atoms with E-state index in [4.69, 9.17) is 0 Å². The summed E-state index contributed by atoms with van der Waals surface area (Å²) in [5.74, 6) is 1.60. The van der Waals surface area contributed by atoms with Gasteiger partial charge >= 0.3 is 0 Å². The van der Waals surface area contributed by atoms with Gasteiger partial charge in [-0.05, 0) is 32.1 Å². The summed E-state index contributed by atoms with van der Waals surface area (Å²) in [6.45, 7) is 9.36. The molecule has 2 nitrogen and oxygen atoms in total. The number of nitrogens with zero attached hydrogens (tertiary/aromatic N) is 2. The fraction of sp³-hybridized carbons (Fsp3) is 0.889. The Morgan fingerprint density at radius 3 is 1.66 bits per heavy atom. The summed E-state index contributed by atoms with van der Waals surface area (Å²) in [5.41, 5.74) is 0. The van der Waals surface area contributed by atoms with Crippen LogP contribution >= 0.6 is 0 Å². The minimum atomic E-state index is 1.22. The molecule has 0 fully saturated rings. The van der Waals surface area contributed by atoms with Crippen LogP contribution < -0.4 is 4.57 Å². The number of aromatic nitrogens is 2. The van der Waals surface area contributed by atoms with Crippen molar-refractivity contribution in [2.75, 3.05) is 0 Å². The lowest BCUT2D eigenvalue weighted by molar-refractivity contribution is -0.704. The van der Waals surface area contributed by atoms with Crippen LogP contribution in [0.3, 0.4) is 0 Å². The number of unbranched alkanes of at least 4 members (excludes halogenated alkanes) is 15. The van der Waals surface area contributed by atoms with E-state index in [0.717, 1.165) is 0 Å². The first-order chi connectivity index (χ1) is 14.3. The van der Waals surface area contributed by atoms with E-state index >= 15 is 0 Å². The summed E-state index contributed by atoms with van der Waals surface area (Å²) in [4.78, 5) is 0. The maximum Gasteiger partial charge on any atom is 0.256 e. The molecule has 1 aromatic heterocycles. The second kappa shape index (κ2) is 19.2. The first-order valence-electron chi connectivity index (χ1n) is 13.4. The Hall–Kier alpha value is -0.790. The van der Waals surface area contributed by atoms with Crippen molar-refractivity contribution in [2.24, 2.45) is 0 Å². The summed E-state index contributed by atoms with van der Waals surface area (Å²) in [5, 5.41) is 0. The lowest BCUT2D eigenvalue weighted by Crippen LogP contribution is -2.37. The van der Waals surface area contributed by atoms with Crippen LogP contribution in [-0.2, 0) is 19.5 Å². The van der Waals surface area contributed by atoms with Gasteiger partial charge in [0.15, 0.2) is 0 Å². The smallest absolute Gasteiger partial charge is 0.234 e. The molecule has 0 radical (unpaired) electrons. The summed E-state index contributed by atoms with van der Waals surface area (Å²) < 4.78 is 5.17. The van der Waals surface area contributed by atoms with Crippen molar-refractivity contribution < 1.29 is 4.57 Å². The van der Waals surface area contributed by atoms with Gasteiger partial charge in [0.2, 0.25) is 0 Å². The van der Waals surface area contributed by atoms with Crippen molar-refractivity contribution in [3.63, 3.8) is 0 Å². The largest absolute Gasteiger partial charge is 0.256 e. The molecule has 170 valence electrons. The maximum absolute atomic E-state index is 2.59. The highest BCUT2D eigenvalue weighted by Crippen LogP contribution is 2.12. The molecule has 0 atom stereocenters. The SMILES string of the molecule is CCCCCCCCCCn1cc[n+](CCCCCCC)c1CCCCCCC. The minimum absolute atomic E-state index is 1.22. The molecule has 0 bridgehead atoms. The van der Waals surface area contributed by atoms with Gasteiger partial charge < -0.3 is 0 Å². The van der Waals surface area contributed by atoms with Gasteiger partial charge in [-0.15, -0.1) is 0 Å². The lowest BCUT2D eigenvalue weighted by atomic mass is 10.1. The molecule has 2 heteroatoms. The fourth-order valence-corrected chi connectivity index (χ4v) is 4.38. The van der Waals surface area contributed by atoms with Crippen LogP contribution in [-0.4, -0.2) is 4.57 Å². The molecule has 0 N–H and O–H groups in total. The Balaban J connectivity index is 2.40. The Morgan fingerprint density at radius 2 is 1.07 bits per heavy atom. The Labute approximate surface area is 183 Å². The van der Waals surface area contributed by atoms with Gasteiger partial charge in [0.1, 0.15) is 12.4 Å². The van der Waals surface area contributed by atoms with Crippen LogP contribution in [0.2, 0.25) is 0 Å². The molecule has 0 amide bonds. The zero-order chi connectivity index (χ0) is 21.0. The molecule has 0 saturated heterocycles. The Morgan fingerprint density at radius 1 is 0.586 bits per heavy atom. The second-order valence-corrected chi connectivity index (χ2v) is 9.15. The summed E-state index contributed by atoms with van der Waals surface area (Å²) in [6.07, 6.45) is 31.0. The van der Waals surface area contributed by atoms with E-state index < -0.39 is 0 Å². The highest BCUT2D eigenvalue weighted by Gasteiger charge is 2.16. The molecule has 0 aliphatic carbocycles. The second-order valence-electron chi connectivity index (χ2n) is 9.15. The Bertz CT molecular complexity index is 463. The molecule has 0 aromatic carbocycles. The molecule has 0 aliphatic rings. The molecule has 1 aromatic rings. The summed E-state index contributed by atoms with van der Waals surface area (Å²) >= 11 is 0. The van der Waals surface area contributed by atoms with E-state index in [0.29, 0.717) is 0 Å². The number of rotatable bonds is 21. The van der Waals surface area contributed by atoms with E-state index in [-0.39, 0.29) is 0 Å². The Kier molecular flexibility index (Phi) is 17.4. The monoisotopic (exact) mass is 405 g/mol. The van der Waals surface area contributed by atoms with Gasteiger partial charge in [-0.25, -0.2) is 9.13 Å². The van der Waals surface area contributed by atoms with Crippen LogP contribution in [0.25, 0.3) is 0 Å². The van der Waals surface area contributed by atoms with E-state index in [1.54, 1.807) is 5.82 Å². The van der Waals surface area contributed by atoms with Gasteiger partial charge in [0, 0.05) is 6.42 Å². The molecular weight excluding hydrogens is 352 g/mol. The third-order valence-corrected chi connectivity index (χ3v) is 6.35. The predicted molar refractivity (Wildman–Crippen MR) is 128 cm³/mol.